The van der Waals surface area contributed by atoms with E-state index in [0.29, 0.717) is 23.6 Å². The van der Waals surface area contributed by atoms with Gasteiger partial charge in [-0.05, 0) is 36.4 Å². The summed E-state index contributed by atoms with van der Waals surface area (Å²) in [5.74, 6) is -0.0673. The molecule has 10 heteroatoms. The predicted octanol–water partition coefficient (Wildman–Crippen LogP) is 3.38. The second-order valence-electron chi connectivity index (χ2n) is 5.44. The van der Waals surface area contributed by atoms with Gasteiger partial charge in [0.2, 0.25) is 5.89 Å². The quantitative estimate of drug-likeness (QED) is 0.611. The minimum atomic E-state index is -2.82. The maximum Gasteiger partial charge on any atom is 0.314 e. The Morgan fingerprint density at radius 2 is 1.93 bits per heavy atom. The zero-order valence-corrected chi connectivity index (χ0v) is 15.3. The summed E-state index contributed by atoms with van der Waals surface area (Å²) in [6, 6.07) is 10.5. The molecule has 0 aliphatic carbocycles. The molecule has 0 amide bonds. The number of anilines is 1. The van der Waals surface area contributed by atoms with Gasteiger partial charge in [0.25, 0.3) is 5.89 Å². The van der Waals surface area contributed by atoms with Crippen LogP contribution in [0.1, 0.15) is 18.0 Å². The minimum absolute atomic E-state index is 0.0320. The molecule has 0 fully saturated rings. The number of ether oxygens (including phenoxy) is 1. The molecule has 0 spiro atoms. The van der Waals surface area contributed by atoms with E-state index in [1.54, 1.807) is 54.1 Å². The number of hydrogen-bond acceptors (Lipinski definition) is 6. The lowest BCUT2D eigenvalue weighted by Gasteiger charge is -2.21. The van der Waals surface area contributed by atoms with Crippen LogP contribution >= 0.6 is 0 Å². The van der Waals surface area contributed by atoms with Crippen molar-refractivity contribution in [2.24, 2.45) is 0 Å². The van der Waals surface area contributed by atoms with Crippen molar-refractivity contribution in [1.82, 2.24) is 15.2 Å². The van der Waals surface area contributed by atoms with Crippen LogP contribution in [0, 0.1) is 0 Å². The fourth-order valence-electron chi connectivity index (χ4n) is 2.31. The van der Waals surface area contributed by atoms with Crippen LogP contribution in [0.3, 0.4) is 0 Å². The van der Waals surface area contributed by atoms with Gasteiger partial charge in [-0.3, -0.25) is 9.29 Å². The molecule has 0 radical (unpaired) electrons. The highest BCUT2D eigenvalue weighted by Gasteiger charge is 2.17. The van der Waals surface area contributed by atoms with Gasteiger partial charge in [0.1, 0.15) is 16.7 Å². The summed E-state index contributed by atoms with van der Waals surface area (Å²) in [5, 5.41) is 6.87. The fraction of sp³-hybridized carbons (Fsp3) is 0.235. The maximum atomic E-state index is 12.5. The summed E-state index contributed by atoms with van der Waals surface area (Å²) in [6.45, 7) is 0.293. The molecule has 0 N–H and O–H groups in total. The van der Waals surface area contributed by atoms with Crippen LogP contribution < -0.4 is 9.04 Å². The van der Waals surface area contributed by atoms with Gasteiger partial charge in [0.05, 0.1) is 24.9 Å². The van der Waals surface area contributed by atoms with Crippen molar-refractivity contribution < 1.29 is 22.1 Å². The molecular weight excluding hydrogens is 378 g/mol. The minimum Gasteiger partial charge on any atom is -0.497 e. The molecule has 1 aromatic carbocycles. The highest BCUT2D eigenvalue weighted by molar-refractivity contribution is 7.85. The van der Waals surface area contributed by atoms with Gasteiger partial charge in [-0.1, -0.05) is 0 Å². The lowest BCUT2D eigenvalue weighted by atomic mass is 10.2. The zero-order chi connectivity index (χ0) is 19.4. The summed E-state index contributed by atoms with van der Waals surface area (Å²) in [6.07, 6.45) is 0.197. The molecule has 3 rings (SSSR count). The molecule has 0 saturated heterocycles. The highest BCUT2D eigenvalue weighted by atomic mass is 32.2. The van der Waals surface area contributed by atoms with Crippen LogP contribution in [0.15, 0.2) is 47.0 Å². The number of nitrogens with zero attached hydrogens (tertiary/aromatic N) is 4. The van der Waals surface area contributed by atoms with Crippen LogP contribution in [0.5, 0.6) is 5.75 Å². The first-order valence-corrected chi connectivity index (χ1v) is 9.31. The summed E-state index contributed by atoms with van der Waals surface area (Å²) < 4.78 is 48.9. The first kappa shape index (κ1) is 18.9. The van der Waals surface area contributed by atoms with Gasteiger partial charge in [0, 0.05) is 18.1 Å². The van der Waals surface area contributed by atoms with E-state index in [9.17, 15) is 13.0 Å². The Hall–Kier alpha value is -2.88. The number of pyridine rings is 1. The number of methoxy groups -OCH3 is 1. The van der Waals surface area contributed by atoms with Gasteiger partial charge in [-0.2, -0.15) is 8.78 Å². The van der Waals surface area contributed by atoms with E-state index >= 15 is 0 Å². The smallest absolute Gasteiger partial charge is 0.314 e. The van der Waals surface area contributed by atoms with Gasteiger partial charge in [0.15, 0.2) is 0 Å². The van der Waals surface area contributed by atoms with Gasteiger partial charge in [-0.25, -0.2) is 4.21 Å². The van der Waals surface area contributed by atoms with Crippen molar-refractivity contribution in [2.45, 2.75) is 13.0 Å². The maximum absolute atomic E-state index is 12.5. The lowest BCUT2D eigenvalue weighted by molar-refractivity contribution is 0.116. The molecule has 0 aliphatic rings. The third kappa shape index (κ3) is 4.45. The van der Waals surface area contributed by atoms with Gasteiger partial charge in [-0.15, -0.1) is 10.2 Å². The predicted molar refractivity (Wildman–Crippen MR) is 95.7 cm³/mol. The average molecular weight is 394 g/mol. The van der Waals surface area contributed by atoms with Crippen LogP contribution in [0.25, 0.3) is 11.5 Å². The molecule has 2 heterocycles. The molecule has 27 heavy (non-hydrogen) atoms. The van der Waals surface area contributed by atoms with Crippen molar-refractivity contribution in [1.29, 1.82) is 0 Å². The number of benzene rings is 1. The van der Waals surface area contributed by atoms with E-state index in [1.165, 1.54) is 6.20 Å². The van der Waals surface area contributed by atoms with Crippen LogP contribution in [-0.2, 0) is 17.5 Å². The standard InChI is InChI=1S/C17H16F2N4O3S/c1-25-14-7-5-13(6-8-14)23(27(2)24)10-12-4-3-11(9-20-12)16-21-22-17(26-16)15(18)19/h3-9,15H,10H2,1-2H3. The van der Waals surface area contributed by atoms with E-state index in [2.05, 4.69) is 15.2 Å². The van der Waals surface area contributed by atoms with Crippen molar-refractivity contribution in [2.75, 3.05) is 17.7 Å². The number of alkyl halides is 2. The Labute approximate surface area is 156 Å². The lowest BCUT2D eigenvalue weighted by Crippen LogP contribution is -2.24. The second kappa shape index (κ2) is 8.21. The molecule has 142 valence electrons. The fourth-order valence-corrected chi connectivity index (χ4v) is 3.04. The third-order valence-corrected chi connectivity index (χ3v) is 4.64. The summed E-state index contributed by atoms with van der Waals surface area (Å²) in [7, 11) is 0.295. The molecule has 1 unspecified atom stereocenters. The van der Waals surface area contributed by atoms with Crippen LogP contribution in [-0.4, -0.2) is 32.8 Å². The Morgan fingerprint density at radius 1 is 1.19 bits per heavy atom. The molecular formula is C17H16F2N4O3S. The number of hydrogen-bond donors (Lipinski definition) is 0. The molecule has 1 atom stereocenters. The van der Waals surface area contributed by atoms with E-state index in [-0.39, 0.29) is 5.89 Å². The summed E-state index contributed by atoms with van der Waals surface area (Å²) >= 11 is 0. The molecule has 7 nitrogen and oxygen atoms in total. The molecule has 0 bridgehead atoms. The SMILES string of the molecule is COc1ccc(N(Cc2ccc(-c3nnc(C(F)F)o3)cn2)S(C)=O)cc1. The molecule has 2 aromatic heterocycles. The largest absolute Gasteiger partial charge is 0.497 e. The first-order chi connectivity index (χ1) is 13.0. The Morgan fingerprint density at radius 3 is 2.44 bits per heavy atom. The van der Waals surface area contributed by atoms with Crippen LogP contribution in [0.4, 0.5) is 14.5 Å². The van der Waals surface area contributed by atoms with E-state index in [4.69, 9.17) is 9.15 Å². The van der Waals surface area contributed by atoms with Crippen molar-refractivity contribution in [3.8, 4) is 17.2 Å². The van der Waals surface area contributed by atoms with Crippen LogP contribution in [0.2, 0.25) is 0 Å². The third-order valence-electron chi connectivity index (χ3n) is 3.68. The summed E-state index contributed by atoms with van der Waals surface area (Å²) in [4.78, 5) is 4.27. The van der Waals surface area contributed by atoms with Crippen molar-refractivity contribution in [3.63, 3.8) is 0 Å². The first-order valence-electron chi connectivity index (χ1n) is 7.80. The van der Waals surface area contributed by atoms with E-state index in [0.717, 1.165) is 5.69 Å². The van der Waals surface area contributed by atoms with Crippen molar-refractivity contribution in [3.05, 3.63) is 54.2 Å². The monoisotopic (exact) mass is 394 g/mol. The van der Waals surface area contributed by atoms with E-state index < -0.39 is 23.3 Å². The van der Waals surface area contributed by atoms with Gasteiger partial charge < -0.3 is 9.15 Å². The topological polar surface area (TPSA) is 81.3 Å². The molecule has 3 aromatic rings. The number of aromatic nitrogens is 3. The number of halogens is 2. The average Bonchev–Trinajstić information content (AvgIpc) is 3.17. The Bertz CT molecular complexity index is 917. The number of rotatable bonds is 7. The van der Waals surface area contributed by atoms with Gasteiger partial charge >= 0.3 is 6.43 Å². The zero-order valence-electron chi connectivity index (χ0n) is 14.5. The Kier molecular flexibility index (Phi) is 5.75. The van der Waals surface area contributed by atoms with E-state index in [1.807, 2.05) is 0 Å². The molecule has 0 saturated carbocycles. The normalized spacial score (nSPS) is 12.2. The highest BCUT2D eigenvalue weighted by Crippen LogP contribution is 2.24. The second-order valence-corrected chi connectivity index (χ2v) is 6.73. The van der Waals surface area contributed by atoms with Crippen molar-refractivity contribution >= 4 is 16.7 Å². The Balaban J connectivity index is 1.77. The molecule has 0 aliphatic heterocycles. The summed E-state index contributed by atoms with van der Waals surface area (Å²) in [5.41, 5.74) is 1.81.